The van der Waals surface area contributed by atoms with Gasteiger partial charge in [-0.25, -0.2) is 0 Å². The van der Waals surface area contributed by atoms with Crippen LogP contribution in [0.15, 0.2) is 0 Å². The van der Waals surface area contributed by atoms with Crippen LogP contribution in [-0.4, -0.2) is 36.6 Å². The maximum Gasteiger partial charge on any atom is 0.0709 e. The minimum absolute atomic E-state index is 0.360. The van der Waals surface area contributed by atoms with Crippen molar-refractivity contribution < 1.29 is 19.9 Å². The van der Waals surface area contributed by atoms with Crippen LogP contribution in [0.4, 0.5) is 0 Å². The van der Waals surface area contributed by atoms with Crippen LogP contribution in [0.5, 0.6) is 0 Å². The maximum atomic E-state index is 8.78. The number of nitrogens with one attached hydrogen (secondary N) is 1. The molecule has 0 aliphatic rings. The van der Waals surface area contributed by atoms with E-state index in [4.69, 9.17) is 19.9 Å². The molecule has 5 heteroatoms. The highest BCUT2D eigenvalue weighted by Crippen LogP contribution is 2.15. The zero-order valence-electron chi connectivity index (χ0n) is 27.7. The number of unbranched alkanes of at least 4 members (excludes halogenated alkanes) is 30. The van der Waals surface area contributed by atoms with Gasteiger partial charge in [-0.1, -0.05) is 185 Å². The van der Waals surface area contributed by atoms with Crippen molar-refractivity contribution >= 4 is 0 Å². The van der Waals surface area contributed by atoms with Crippen molar-refractivity contribution in [2.24, 2.45) is 0 Å². The van der Waals surface area contributed by atoms with Crippen molar-refractivity contribution in [2.45, 2.75) is 205 Å². The van der Waals surface area contributed by atoms with Gasteiger partial charge in [0, 0.05) is 13.2 Å². The van der Waals surface area contributed by atoms with Gasteiger partial charge in [-0.3, -0.25) is 9.68 Å². The van der Waals surface area contributed by atoms with E-state index in [-0.39, 0.29) is 0 Å². The first-order valence-corrected chi connectivity index (χ1v) is 18.6. The highest BCUT2D eigenvalue weighted by molar-refractivity contribution is 4.51. The average Bonchev–Trinajstić information content (AvgIpc) is 2.98. The molecule has 0 aromatic rings. The second-order valence-corrected chi connectivity index (χ2v) is 12.5. The molecule has 248 valence electrons. The van der Waals surface area contributed by atoms with E-state index in [2.05, 4.69) is 5.64 Å². The van der Waals surface area contributed by atoms with E-state index in [1.165, 1.54) is 180 Å². The van der Waals surface area contributed by atoms with Crippen LogP contribution in [0, 0.1) is 0 Å². The van der Waals surface area contributed by atoms with Crippen LogP contribution < -0.4 is 5.64 Å². The van der Waals surface area contributed by atoms with Gasteiger partial charge in [0.25, 0.3) is 0 Å². The first-order chi connectivity index (χ1) is 20.4. The highest BCUT2D eigenvalue weighted by Gasteiger charge is 1.97. The molecule has 0 radical (unpaired) electrons. The smallest absolute Gasteiger partial charge is 0.0709 e. The van der Waals surface area contributed by atoms with Crippen LogP contribution in [0.3, 0.4) is 0 Å². The lowest BCUT2D eigenvalue weighted by Crippen LogP contribution is -2.16. The highest BCUT2D eigenvalue weighted by atomic mass is 16.9. The normalized spacial score (nSPS) is 11.6. The van der Waals surface area contributed by atoms with Crippen molar-refractivity contribution in [3.8, 4) is 0 Å². The lowest BCUT2D eigenvalue weighted by atomic mass is 10.0. The van der Waals surface area contributed by atoms with E-state index in [1.807, 2.05) is 0 Å². The number of hydrogen-bond donors (Lipinski definition) is 3. The summed E-state index contributed by atoms with van der Waals surface area (Å²) in [5, 5.41) is 17.6. The Balaban J connectivity index is 3.02. The summed E-state index contributed by atoms with van der Waals surface area (Å²) in [6, 6.07) is 0. The summed E-state index contributed by atoms with van der Waals surface area (Å²) in [5.74, 6) is 0. The van der Waals surface area contributed by atoms with Crippen LogP contribution in [0.1, 0.15) is 205 Å². The standard InChI is InChI=1S/C36H75NO4/c38-33-29-25-21-17-13-9-5-1-3-7-11-15-19-23-27-31-35-40-37-41-36-32-28-24-20-16-12-8-4-2-6-10-14-18-22-26-30-34-39/h37-39H,1-36H2. The molecule has 0 saturated heterocycles. The van der Waals surface area contributed by atoms with E-state index in [1.54, 1.807) is 0 Å². The summed E-state index contributed by atoms with van der Waals surface area (Å²) in [5.41, 5.74) is 2.68. The van der Waals surface area contributed by atoms with Gasteiger partial charge in [-0.05, 0) is 25.7 Å². The first kappa shape index (κ1) is 40.8. The maximum absolute atomic E-state index is 8.78. The van der Waals surface area contributed by atoms with Crippen molar-refractivity contribution in [1.82, 2.24) is 5.64 Å². The fourth-order valence-corrected chi connectivity index (χ4v) is 5.65. The minimum atomic E-state index is 0.360. The molecular formula is C36H75NO4. The fourth-order valence-electron chi connectivity index (χ4n) is 5.65. The monoisotopic (exact) mass is 586 g/mol. The van der Waals surface area contributed by atoms with E-state index in [9.17, 15) is 0 Å². The molecule has 41 heavy (non-hydrogen) atoms. The van der Waals surface area contributed by atoms with Crippen molar-refractivity contribution in [3.05, 3.63) is 0 Å². The Bertz CT molecular complexity index is 400. The zero-order valence-corrected chi connectivity index (χ0v) is 27.7. The quantitative estimate of drug-likeness (QED) is 0.0496. The SMILES string of the molecule is OCCCCCCCCCCCCCCCCCCONOCCCCCCCCCCCCCCCCCCO. The predicted molar refractivity (Wildman–Crippen MR) is 177 cm³/mol. The van der Waals surface area contributed by atoms with E-state index >= 15 is 0 Å². The van der Waals surface area contributed by atoms with Gasteiger partial charge in [0.2, 0.25) is 0 Å². The number of aliphatic hydroxyl groups excluding tert-OH is 2. The summed E-state index contributed by atoms with van der Waals surface area (Å²) in [6.07, 6.45) is 42.3. The molecule has 0 unspecified atom stereocenters. The Kier molecular flexibility index (Phi) is 39.6. The number of hydrogen-bond acceptors (Lipinski definition) is 5. The summed E-state index contributed by atoms with van der Waals surface area (Å²) in [7, 11) is 0. The Labute approximate surface area is 257 Å². The molecular weight excluding hydrogens is 510 g/mol. The molecule has 0 rings (SSSR count). The molecule has 0 aliphatic carbocycles. The first-order valence-electron chi connectivity index (χ1n) is 18.6. The molecule has 0 spiro atoms. The van der Waals surface area contributed by atoms with Gasteiger partial charge in [-0.15, -0.1) is 0 Å². The number of rotatable bonds is 38. The lowest BCUT2D eigenvalue weighted by Gasteiger charge is -2.07. The van der Waals surface area contributed by atoms with Crippen molar-refractivity contribution in [2.75, 3.05) is 26.4 Å². The largest absolute Gasteiger partial charge is 0.396 e. The van der Waals surface area contributed by atoms with Gasteiger partial charge < -0.3 is 10.2 Å². The second kappa shape index (κ2) is 39.8. The predicted octanol–water partition coefficient (Wildman–Crippen LogP) is 10.9. The van der Waals surface area contributed by atoms with Gasteiger partial charge in [0.05, 0.1) is 13.2 Å². The van der Waals surface area contributed by atoms with Crippen LogP contribution in [0.2, 0.25) is 0 Å². The third-order valence-electron chi connectivity index (χ3n) is 8.43. The average molecular weight is 586 g/mol. The molecule has 0 atom stereocenters. The summed E-state index contributed by atoms with van der Waals surface area (Å²) in [4.78, 5) is 10.8. The zero-order chi connectivity index (χ0) is 29.6. The van der Waals surface area contributed by atoms with Gasteiger partial charge in [-0.2, -0.15) is 0 Å². The molecule has 0 aromatic carbocycles. The van der Waals surface area contributed by atoms with E-state index in [0.29, 0.717) is 13.2 Å². The molecule has 0 aromatic heterocycles. The number of aliphatic hydroxyl groups is 2. The van der Waals surface area contributed by atoms with E-state index < -0.39 is 0 Å². The fraction of sp³-hybridized carbons (Fsp3) is 1.00. The Morgan fingerprint density at radius 2 is 0.415 bits per heavy atom. The lowest BCUT2D eigenvalue weighted by molar-refractivity contribution is -0.171. The molecule has 0 bridgehead atoms. The van der Waals surface area contributed by atoms with Crippen LogP contribution in [0.25, 0.3) is 0 Å². The van der Waals surface area contributed by atoms with E-state index in [0.717, 1.165) is 38.9 Å². The third kappa shape index (κ3) is 39.8. The summed E-state index contributed by atoms with van der Waals surface area (Å²) < 4.78 is 0. The van der Waals surface area contributed by atoms with Crippen LogP contribution in [-0.2, 0) is 9.68 Å². The molecule has 0 fully saturated rings. The van der Waals surface area contributed by atoms with Gasteiger partial charge in [0.15, 0.2) is 0 Å². The molecule has 3 N–H and O–H groups in total. The van der Waals surface area contributed by atoms with Gasteiger partial charge >= 0.3 is 0 Å². The summed E-state index contributed by atoms with van der Waals surface area (Å²) >= 11 is 0. The Morgan fingerprint density at radius 1 is 0.244 bits per heavy atom. The molecule has 0 saturated carbocycles. The van der Waals surface area contributed by atoms with Crippen molar-refractivity contribution in [3.63, 3.8) is 0 Å². The minimum Gasteiger partial charge on any atom is -0.396 e. The second-order valence-electron chi connectivity index (χ2n) is 12.5. The summed E-state index contributed by atoms with van der Waals surface area (Å²) in [6.45, 7) is 2.21. The Morgan fingerprint density at radius 3 is 0.610 bits per heavy atom. The molecule has 0 heterocycles. The van der Waals surface area contributed by atoms with Crippen molar-refractivity contribution in [1.29, 1.82) is 0 Å². The van der Waals surface area contributed by atoms with Crippen LogP contribution >= 0.6 is 0 Å². The Hall–Kier alpha value is -0.200. The molecule has 5 nitrogen and oxygen atoms in total. The third-order valence-corrected chi connectivity index (χ3v) is 8.43. The topological polar surface area (TPSA) is 71.0 Å². The molecule has 0 aliphatic heterocycles. The molecule has 0 amide bonds. The van der Waals surface area contributed by atoms with Gasteiger partial charge in [0.1, 0.15) is 0 Å².